The number of fused-ring (bicyclic) bond motifs is 1. The zero-order valence-corrected chi connectivity index (χ0v) is 15.5. The van der Waals surface area contributed by atoms with Crippen molar-refractivity contribution in [1.29, 1.82) is 0 Å². The predicted octanol–water partition coefficient (Wildman–Crippen LogP) is 6.05. The Morgan fingerprint density at radius 2 is 1.70 bits per heavy atom. The van der Waals surface area contributed by atoms with Crippen molar-refractivity contribution in [3.8, 4) is 17.0 Å². The zero-order chi connectivity index (χ0) is 19.0. The van der Waals surface area contributed by atoms with Crippen LogP contribution in [0.1, 0.15) is 16.7 Å². The molecular weight excluding hydrogens is 336 g/mol. The highest BCUT2D eigenvalue weighted by Gasteiger charge is 2.16. The molecule has 0 unspecified atom stereocenters. The lowest BCUT2D eigenvalue weighted by atomic mass is 10.0. The predicted molar refractivity (Wildman–Crippen MR) is 107 cm³/mol. The Balaban J connectivity index is 1.91. The summed E-state index contributed by atoms with van der Waals surface area (Å²) in [5, 5.41) is 18.5. The molecule has 0 aliphatic rings. The molecule has 0 fully saturated rings. The van der Waals surface area contributed by atoms with E-state index in [1.54, 1.807) is 24.3 Å². The van der Waals surface area contributed by atoms with E-state index < -0.39 is 0 Å². The van der Waals surface area contributed by atoms with Gasteiger partial charge in [-0.25, -0.2) is 4.98 Å². The molecule has 134 valence electrons. The Hall–Kier alpha value is -3.47. The second-order valence-electron chi connectivity index (χ2n) is 6.75. The molecule has 0 radical (unpaired) electrons. The molecule has 2 aromatic carbocycles. The minimum atomic E-state index is 0.162. The molecule has 4 aromatic rings. The number of benzene rings is 2. The summed E-state index contributed by atoms with van der Waals surface area (Å²) in [6, 6.07) is 17.1. The van der Waals surface area contributed by atoms with Crippen molar-refractivity contribution in [1.82, 2.24) is 9.38 Å². The molecule has 0 saturated heterocycles. The lowest BCUT2D eigenvalue weighted by molar-refractivity contribution is 0.475. The molecule has 0 atom stereocenters. The maximum Gasteiger partial charge on any atom is 0.187 e. The summed E-state index contributed by atoms with van der Waals surface area (Å²) >= 11 is 0. The molecule has 0 amide bonds. The fourth-order valence-electron chi connectivity index (χ4n) is 3.15. The summed E-state index contributed by atoms with van der Waals surface area (Å²) in [5.41, 5.74) is 6.73. The molecular formula is C22H20N4O. The Labute approximate surface area is 157 Å². The van der Waals surface area contributed by atoms with Crippen molar-refractivity contribution in [2.45, 2.75) is 20.8 Å². The SMILES string of the molecule is Cc1ccc(-c2nc3cc(C)ccn3c2N=Nc2cccc(O)c2)c(C)c1. The number of hydrogen-bond donors (Lipinski definition) is 1. The molecule has 0 aliphatic heterocycles. The van der Waals surface area contributed by atoms with Crippen LogP contribution in [0.15, 0.2) is 71.0 Å². The van der Waals surface area contributed by atoms with Gasteiger partial charge in [0.2, 0.25) is 0 Å². The van der Waals surface area contributed by atoms with E-state index in [1.165, 1.54) is 5.56 Å². The minimum Gasteiger partial charge on any atom is -0.508 e. The molecule has 4 rings (SSSR count). The first-order chi connectivity index (χ1) is 13.0. The van der Waals surface area contributed by atoms with Crippen molar-refractivity contribution in [2.75, 3.05) is 0 Å². The van der Waals surface area contributed by atoms with Crippen molar-refractivity contribution in [2.24, 2.45) is 10.2 Å². The number of aromatic hydroxyl groups is 1. The number of imidazole rings is 1. The van der Waals surface area contributed by atoms with Gasteiger partial charge < -0.3 is 5.11 Å². The normalized spacial score (nSPS) is 11.5. The summed E-state index contributed by atoms with van der Waals surface area (Å²) in [6.07, 6.45) is 1.96. The van der Waals surface area contributed by atoms with E-state index in [1.807, 2.05) is 29.7 Å². The van der Waals surface area contributed by atoms with Crippen LogP contribution in [-0.2, 0) is 0 Å². The molecule has 27 heavy (non-hydrogen) atoms. The van der Waals surface area contributed by atoms with E-state index in [0.29, 0.717) is 11.5 Å². The number of phenolic OH excluding ortho intramolecular Hbond substituents is 1. The Morgan fingerprint density at radius 3 is 2.48 bits per heavy atom. The topological polar surface area (TPSA) is 62.2 Å². The molecule has 0 saturated carbocycles. The Kier molecular flexibility index (Phi) is 4.20. The van der Waals surface area contributed by atoms with Gasteiger partial charge in [0, 0.05) is 17.8 Å². The van der Waals surface area contributed by atoms with Gasteiger partial charge in [-0.15, -0.1) is 10.2 Å². The number of azo groups is 1. The highest BCUT2D eigenvalue weighted by Crippen LogP contribution is 2.34. The molecule has 2 aromatic heterocycles. The van der Waals surface area contributed by atoms with Gasteiger partial charge in [-0.1, -0.05) is 29.8 Å². The standard InChI is InChI=1S/C22H20N4O/c1-14-7-8-19(16(3)11-14)21-22(25-24-17-5-4-6-18(27)13-17)26-10-9-15(2)12-20(26)23-21/h4-13,27H,1-3H3. The Bertz CT molecular complexity index is 1170. The minimum absolute atomic E-state index is 0.162. The Morgan fingerprint density at radius 1 is 0.889 bits per heavy atom. The first kappa shape index (κ1) is 17.0. The van der Waals surface area contributed by atoms with Crippen molar-refractivity contribution >= 4 is 17.2 Å². The van der Waals surface area contributed by atoms with E-state index in [2.05, 4.69) is 42.3 Å². The number of aromatic nitrogens is 2. The zero-order valence-electron chi connectivity index (χ0n) is 15.5. The van der Waals surface area contributed by atoms with Crippen LogP contribution < -0.4 is 0 Å². The van der Waals surface area contributed by atoms with Gasteiger partial charge >= 0.3 is 0 Å². The second kappa shape index (κ2) is 6.68. The highest BCUT2D eigenvalue weighted by atomic mass is 16.3. The quantitative estimate of drug-likeness (QED) is 0.454. The van der Waals surface area contributed by atoms with Crippen LogP contribution in [0.2, 0.25) is 0 Å². The van der Waals surface area contributed by atoms with E-state index in [0.717, 1.165) is 28.0 Å². The van der Waals surface area contributed by atoms with Gasteiger partial charge in [0.05, 0.1) is 5.69 Å². The average molecular weight is 356 g/mol. The summed E-state index contributed by atoms with van der Waals surface area (Å²) in [7, 11) is 0. The fraction of sp³-hybridized carbons (Fsp3) is 0.136. The largest absolute Gasteiger partial charge is 0.508 e. The summed E-state index contributed by atoms with van der Waals surface area (Å²) in [5.74, 6) is 0.829. The van der Waals surface area contributed by atoms with Crippen LogP contribution in [0, 0.1) is 20.8 Å². The molecule has 2 heterocycles. The number of rotatable bonds is 3. The van der Waals surface area contributed by atoms with Gasteiger partial charge in [-0.05, 0) is 56.2 Å². The average Bonchev–Trinajstić information content (AvgIpc) is 2.97. The molecule has 0 bridgehead atoms. The lowest BCUT2D eigenvalue weighted by Gasteiger charge is -2.05. The second-order valence-corrected chi connectivity index (χ2v) is 6.75. The third-order valence-corrected chi connectivity index (χ3v) is 4.48. The van der Waals surface area contributed by atoms with Crippen LogP contribution in [0.3, 0.4) is 0 Å². The van der Waals surface area contributed by atoms with Crippen LogP contribution in [0.5, 0.6) is 5.75 Å². The lowest BCUT2D eigenvalue weighted by Crippen LogP contribution is -1.86. The number of nitrogens with zero attached hydrogens (tertiary/aromatic N) is 4. The van der Waals surface area contributed by atoms with E-state index in [4.69, 9.17) is 4.98 Å². The fourth-order valence-corrected chi connectivity index (χ4v) is 3.15. The third kappa shape index (κ3) is 3.31. The van der Waals surface area contributed by atoms with Gasteiger partial charge in [0.25, 0.3) is 0 Å². The van der Waals surface area contributed by atoms with E-state index in [-0.39, 0.29) is 5.75 Å². The molecule has 5 heteroatoms. The summed E-state index contributed by atoms with van der Waals surface area (Å²) in [6.45, 7) is 6.19. The van der Waals surface area contributed by atoms with Gasteiger partial charge in [-0.3, -0.25) is 4.40 Å². The first-order valence-corrected chi connectivity index (χ1v) is 8.78. The first-order valence-electron chi connectivity index (χ1n) is 8.78. The smallest absolute Gasteiger partial charge is 0.187 e. The van der Waals surface area contributed by atoms with Gasteiger partial charge in [0.15, 0.2) is 5.82 Å². The van der Waals surface area contributed by atoms with E-state index >= 15 is 0 Å². The molecule has 0 spiro atoms. The van der Waals surface area contributed by atoms with Crippen LogP contribution >= 0.6 is 0 Å². The summed E-state index contributed by atoms with van der Waals surface area (Å²) in [4.78, 5) is 4.82. The maximum absolute atomic E-state index is 9.65. The number of aryl methyl sites for hydroxylation is 3. The van der Waals surface area contributed by atoms with Crippen molar-refractivity contribution < 1.29 is 5.11 Å². The molecule has 5 nitrogen and oxygen atoms in total. The molecule has 1 N–H and O–H groups in total. The maximum atomic E-state index is 9.65. The number of phenols is 1. The highest BCUT2D eigenvalue weighted by molar-refractivity contribution is 5.77. The van der Waals surface area contributed by atoms with Crippen molar-refractivity contribution in [3.05, 3.63) is 77.5 Å². The monoisotopic (exact) mass is 356 g/mol. The van der Waals surface area contributed by atoms with Crippen LogP contribution in [-0.4, -0.2) is 14.5 Å². The van der Waals surface area contributed by atoms with Gasteiger partial charge in [-0.2, -0.15) is 0 Å². The molecule has 0 aliphatic carbocycles. The van der Waals surface area contributed by atoms with Crippen LogP contribution in [0.25, 0.3) is 16.9 Å². The van der Waals surface area contributed by atoms with Crippen LogP contribution in [0.4, 0.5) is 11.5 Å². The van der Waals surface area contributed by atoms with Crippen molar-refractivity contribution in [3.63, 3.8) is 0 Å². The third-order valence-electron chi connectivity index (χ3n) is 4.48. The van der Waals surface area contributed by atoms with E-state index in [9.17, 15) is 5.11 Å². The summed E-state index contributed by atoms with van der Waals surface area (Å²) < 4.78 is 1.94. The number of pyridine rings is 1. The van der Waals surface area contributed by atoms with Gasteiger partial charge in [0.1, 0.15) is 17.1 Å². The number of hydrogen-bond acceptors (Lipinski definition) is 4.